The second-order valence-electron chi connectivity index (χ2n) is 2.64. The van der Waals surface area contributed by atoms with Gasteiger partial charge in [-0.05, 0) is 18.2 Å². The van der Waals surface area contributed by atoms with E-state index in [4.69, 9.17) is 0 Å². The summed E-state index contributed by atoms with van der Waals surface area (Å²) < 4.78 is 21.3. The van der Waals surface area contributed by atoms with E-state index in [0.717, 1.165) is 5.39 Å². The molecular formula is C9H7NO2S. The van der Waals surface area contributed by atoms with Gasteiger partial charge in [-0.3, -0.25) is 4.98 Å². The van der Waals surface area contributed by atoms with Crippen molar-refractivity contribution in [3.8, 4) is 0 Å². The van der Waals surface area contributed by atoms with Gasteiger partial charge in [0, 0.05) is 11.6 Å². The number of hydrogen-bond acceptors (Lipinski definition) is 3. The van der Waals surface area contributed by atoms with Gasteiger partial charge in [0.15, 0.2) is 10.7 Å². The van der Waals surface area contributed by atoms with Crippen molar-refractivity contribution in [1.82, 2.24) is 4.98 Å². The Morgan fingerprint density at radius 3 is 2.77 bits per heavy atom. The molecule has 0 fully saturated rings. The largest absolute Gasteiger partial charge is 0.256 e. The molecule has 1 heterocycles. The number of hydrogen-bond donors (Lipinski definition) is 1. The number of benzene rings is 1. The topological polar surface area (TPSA) is 47.0 Å². The van der Waals surface area contributed by atoms with Crippen LogP contribution in [0.15, 0.2) is 41.4 Å². The van der Waals surface area contributed by atoms with Crippen molar-refractivity contribution in [2.45, 2.75) is 4.90 Å². The number of thiol groups is 1. The van der Waals surface area contributed by atoms with Gasteiger partial charge in [-0.25, -0.2) is 8.42 Å². The summed E-state index contributed by atoms with van der Waals surface area (Å²) >= 11 is 0. The number of rotatable bonds is 1. The first-order valence-electron chi connectivity index (χ1n) is 3.76. The Morgan fingerprint density at radius 2 is 2.00 bits per heavy atom. The molecular weight excluding hydrogens is 186 g/mol. The van der Waals surface area contributed by atoms with Gasteiger partial charge in [0.2, 0.25) is 0 Å². The van der Waals surface area contributed by atoms with Crippen LogP contribution in [0.1, 0.15) is 0 Å². The van der Waals surface area contributed by atoms with Crippen LogP contribution in [0.25, 0.3) is 10.9 Å². The molecule has 1 aromatic carbocycles. The van der Waals surface area contributed by atoms with Crippen molar-refractivity contribution in [3.05, 3.63) is 36.5 Å². The van der Waals surface area contributed by atoms with Gasteiger partial charge in [0.05, 0.1) is 10.4 Å². The summed E-state index contributed by atoms with van der Waals surface area (Å²) in [5.74, 6) is 0. The van der Waals surface area contributed by atoms with E-state index in [1.54, 1.807) is 24.4 Å². The molecule has 0 aliphatic carbocycles. The fraction of sp³-hybridized carbons (Fsp3) is 0. The highest BCUT2D eigenvalue weighted by molar-refractivity contribution is 7.72. The molecule has 0 saturated carbocycles. The molecule has 0 aliphatic heterocycles. The quantitative estimate of drug-likeness (QED) is 0.692. The highest BCUT2D eigenvalue weighted by Gasteiger charge is 1.97. The van der Waals surface area contributed by atoms with Crippen LogP contribution in [-0.4, -0.2) is 13.4 Å². The first kappa shape index (κ1) is 8.19. The maximum absolute atomic E-state index is 10.7. The van der Waals surface area contributed by atoms with Crippen LogP contribution in [0.5, 0.6) is 0 Å². The van der Waals surface area contributed by atoms with Gasteiger partial charge >= 0.3 is 0 Å². The Balaban J connectivity index is 2.76. The SMILES string of the molecule is O=[SH](=O)c1ccc2cccnc2c1. The van der Waals surface area contributed by atoms with E-state index < -0.39 is 10.7 Å². The van der Waals surface area contributed by atoms with Gasteiger partial charge in [-0.2, -0.15) is 0 Å². The molecule has 13 heavy (non-hydrogen) atoms. The summed E-state index contributed by atoms with van der Waals surface area (Å²) in [7, 11) is -2.51. The predicted molar refractivity (Wildman–Crippen MR) is 50.3 cm³/mol. The minimum atomic E-state index is -2.51. The molecule has 0 aliphatic rings. The first-order valence-corrected chi connectivity index (χ1v) is 4.94. The lowest BCUT2D eigenvalue weighted by molar-refractivity contribution is 0.614. The van der Waals surface area contributed by atoms with Crippen LogP contribution in [0.2, 0.25) is 0 Å². The summed E-state index contributed by atoms with van der Waals surface area (Å²) in [6.45, 7) is 0. The third-order valence-corrected chi connectivity index (χ3v) is 2.50. The maximum atomic E-state index is 10.7. The third-order valence-electron chi connectivity index (χ3n) is 1.80. The summed E-state index contributed by atoms with van der Waals surface area (Å²) in [4.78, 5) is 4.36. The molecule has 0 atom stereocenters. The van der Waals surface area contributed by atoms with E-state index in [9.17, 15) is 8.42 Å². The molecule has 0 bridgehead atoms. The van der Waals surface area contributed by atoms with Crippen molar-refractivity contribution >= 4 is 21.6 Å². The highest BCUT2D eigenvalue weighted by Crippen LogP contribution is 2.13. The molecule has 2 rings (SSSR count). The van der Waals surface area contributed by atoms with Gasteiger partial charge in [-0.1, -0.05) is 12.1 Å². The van der Waals surface area contributed by atoms with E-state index in [1.807, 2.05) is 12.1 Å². The van der Waals surface area contributed by atoms with Crippen LogP contribution in [0.4, 0.5) is 0 Å². The third kappa shape index (κ3) is 1.53. The van der Waals surface area contributed by atoms with Crippen LogP contribution in [0, 0.1) is 0 Å². The molecule has 0 spiro atoms. The summed E-state index contributed by atoms with van der Waals surface area (Å²) in [6, 6.07) is 8.61. The average Bonchev–Trinajstić information content (AvgIpc) is 2.17. The standard InChI is InChI=1S/C9H7NO2S/c11-13(12)8-4-3-7-2-1-5-10-9(7)6-8/h1-6,13H. The fourth-order valence-corrected chi connectivity index (χ4v) is 1.59. The normalized spacial score (nSPS) is 10.8. The Morgan fingerprint density at radius 1 is 1.15 bits per heavy atom. The Bertz CT molecular complexity index is 512. The molecule has 1 aromatic heterocycles. The van der Waals surface area contributed by atoms with Crippen LogP contribution >= 0.6 is 0 Å². The second kappa shape index (κ2) is 3.14. The maximum Gasteiger partial charge on any atom is 0.168 e. The number of fused-ring (bicyclic) bond motifs is 1. The van der Waals surface area contributed by atoms with Crippen molar-refractivity contribution in [1.29, 1.82) is 0 Å². The summed E-state index contributed by atoms with van der Waals surface area (Å²) in [5, 5.41) is 0.947. The zero-order valence-electron chi connectivity index (χ0n) is 6.68. The van der Waals surface area contributed by atoms with Crippen molar-refractivity contribution in [2.24, 2.45) is 0 Å². The molecule has 3 nitrogen and oxygen atoms in total. The van der Waals surface area contributed by atoms with Gasteiger partial charge in [0.1, 0.15) is 0 Å². The van der Waals surface area contributed by atoms with Crippen LogP contribution in [0.3, 0.4) is 0 Å². The Hall–Kier alpha value is -1.42. The Labute approximate surface area is 77.0 Å². The molecule has 0 N–H and O–H groups in total. The van der Waals surface area contributed by atoms with Gasteiger partial charge in [0.25, 0.3) is 0 Å². The first-order chi connectivity index (χ1) is 6.27. The fourth-order valence-electron chi connectivity index (χ4n) is 1.17. The van der Waals surface area contributed by atoms with Crippen molar-refractivity contribution in [2.75, 3.05) is 0 Å². The zero-order valence-corrected chi connectivity index (χ0v) is 7.57. The molecule has 4 heteroatoms. The van der Waals surface area contributed by atoms with E-state index in [0.29, 0.717) is 10.4 Å². The van der Waals surface area contributed by atoms with Gasteiger partial charge in [-0.15, -0.1) is 0 Å². The van der Waals surface area contributed by atoms with E-state index in [2.05, 4.69) is 4.98 Å². The lowest BCUT2D eigenvalue weighted by Gasteiger charge is -1.95. The molecule has 0 unspecified atom stereocenters. The molecule has 66 valence electrons. The smallest absolute Gasteiger partial charge is 0.168 e. The van der Waals surface area contributed by atoms with Crippen LogP contribution < -0.4 is 0 Å². The predicted octanol–water partition coefficient (Wildman–Crippen LogP) is 1.21. The minimum Gasteiger partial charge on any atom is -0.256 e. The molecule has 0 saturated heterocycles. The molecule has 0 radical (unpaired) electrons. The number of aromatic nitrogens is 1. The summed E-state index contributed by atoms with van der Waals surface area (Å²) in [5.41, 5.74) is 0.708. The van der Waals surface area contributed by atoms with E-state index in [-0.39, 0.29) is 0 Å². The monoisotopic (exact) mass is 193 g/mol. The van der Waals surface area contributed by atoms with Crippen molar-refractivity contribution < 1.29 is 8.42 Å². The number of nitrogens with zero attached hydrogens (tertiary/aromatic N) is 1. The number of pyridine rings is 1. The zero-order chi connectivity index (χ0) is 9.26. The molecule has 0 amide bonds. The Kier molecular flexibility index (Phi) is 1.98. The van der Waals surface area contributed by atoms with Gasteiger partial charge < -0.3 is 0 Å². The summed E-state index contributed by atoms with van der Waals surface area (Å²) in [6.07, 6.45) is 1.64. The lowest BCUT2D eigenvalue weighted by atomic mass is 10.2. The lowest BCUT2D eigenvalue weighted by Crippen LogP contribution is -1.82. The second-order valence-corrected chi connectivity index (χ2v) is 3.67. The van der Waals surface area contributed by atoms with E-state index >= 15 is 0 Å². The van der Waals surface area contributed by atoms with E-state index in [1.165, 1.54) is 0 Å². The highest BCUT2D eigenvalue weighted by atomic mass is 32.2. The molecule has 2 aromatic rings. The average molecular weight is 193 g/mol. The minimum absolute atomic E-state index is 0.307. The van der Waals surface area contributed by atoms with Crippen LogP contribution in [-0.2, 0) is 10.7 Å². The van der Waals surface area contributed by atoms with Crippen molar-refractivity contribution in [3.63, 3.8) is 0 Å².